The van der Waals surface area contributed by atoms with Gasteiger partial charge in [0.15, 0.2) is 0 Å². The molecule has 0 amide bonds. The molecule has 3 heteroatoms. The zero-order chi connectivity index (χ0) is 11.4. The van der Waals surface area contributed by atoms with Gasteiger partial charge in [0.1, 0.15) is 5.82 Å². The standard InChI is InChI=1S/C12H15BrClF/c1-8(2)12(14)6-3-9-7-10(15)4-5-11(9)13/h4-5,7-8,12H,3,6H2,1-2H3. The third kappa shape index (κ3) is 4.12. The van der Waals surface area contributed by atoms with Crippen LogP contribution in [0.15, 0.2) is 22.7 Å². The summed E-state index contributed by atoms with van der Waals surface area (Å²) in [6, 6.07) is 4.76. The van der Waals surface area contributed by atoms with Crippen LogP contribution >= 0.6 is 27.5 Å². The van der Waals surface area contributed by atoms with E-state index in [-0.39, 0.29) is 11.2 Å². The summed E-state index contributed by atoms with van der Waals surface area (Å²) < 4.78 is 13.9. The molecule has 0 saturated carbocycles. The van der Waals surface area contributed by atoms with Gasteiger partial charge in [-0.3, -0.25) is 0 Å². The first-order valence-corrected chi connectivity index (χ1v) is 6.31. The van der Waals surface area contributed by atoms with Gasteiger partial charge in [0.2, 0.25) is 0 Å². The number of alkyl halides is 1. The van der Waals surface area contributed by atoms with Gasteiger partial charge < -0.3 is 0 Å². The average molecular weight is 294 g/mol. The second-order valence-electron chi connectivity index (χ2n) is 4.03. The first-order valence-electron chi connectivity index (χ1n) is 5.08. The molecule has 0 bridgehead atoms. The summed E-state index contributed by atoms with van der Waals surface area (Å²) >= 11 is 9.56. The number of benzene rings is 1. The molecule has 0 spiro atoms. The summed E-state index contributed by atoms with van der Waals surface area (Å²) in [7, 11) is 0. The summed E-state index contributed by atoms with van der Waals surface area (Å²) in [5.74, 6) is 0.267. The quantitative estimate of drug-likeness (QED) is 0.701. The van der Waals surface area contributed by atoms with E-state index in [2.05, 4.69) is 29.8 Å². The van der Waals surface area contributed by atoms with Crippen LogP contribution in [0, 0.1) is 11.7 Å². The highest BCUT2D eigenvalue weighted by Crippen LogP contribution is 2.22. The van der Waals surface area contributed by atoms with E-state index in [1.54, 1.807) is 12.1 Å². The molecule has 0 heterocycles. The summed E-state index contributed by atoms with van der Waals surface area (Å²) in [4.78, 5) is 0. The Morgan fingerprint density at radius 2 is 2.07 bits per heavy atom. The average Bonchev–Trinajstić information content (AvgIpc) is 2.18. The van der Waals surface area contributed by atoms with E-state index < -0.39 is 0 Å². The van der Waals surface area contributed by atoms with E-state index in [4.69, 9.17) is 11.6 Å². The Labute approximate surface area is 104 Å². The molecule has 0 radical (unpaired) electrons. The van der Waals surface area contributed by atoms with Gasteiger partial charge in [-0.1, -0.05) is 29.8 Å². The first kappa shape index (κ1) is 13.0. The molecule has 84 valence electrons. The smallest absolute Gasteiger partial charge is 0.123 e. The first-order chi connectivity index (χ1) is 7.00. The van der Waals surface area contributed by atoms with Gasteiger partial charge in [0.05, 0.1) is 0 Å². The molecular weight excluding hydrogens is 278 g/mol. The molecule has 0 aliphatic heterocycles. The lowest BCUT2D eigenvalue weighted by molar-refractivity contribution is 0.563. The lowest BCUT2D eigenvalue weighted by Gasteiger charge is -2.13. The second-order valence-corrected chi connectivity index (χ2v) is 5.45. The van der Waals surface area contributed by atoms with E-state index >= 15 is 0 Å². The van der Waals surface area contributed by atoms with Crippen LogP contribution in [0.4, 0.5) is 4.39 Å². The summed E-state index contributed by atoms with van der Waals surface area (Å²) in [6.45, 7) is 4.19. The van der Waals surface area contributed by atoms with E-state index in [0.717, 1.165) is 22.9 Å². The number of hydrogen-bond donors (Lipinski definition) is 0. The molecule has 1 aromatic carbocycles. The Kier molecular flexibility index (Phi) is 5.07. The van der Waals surface area contributed by atoms with Gasteiger partial charge in [0.25, 0.3) is 0 Å². The van der Waals surface area contributed by atoms with Crippen LogP contribution in [0.25, 0.3) is 0 Å². The normalized spacial score (nSPS) is 13.2. The Balaban J connectivity index is 2.61. The number of rotatable bonds is 4. The monoisotopic (exact) mass is 292 g/mol. The van der Waals surface area contributed by atoms with Crippen molar-refractivity contribution < 1.29 is 4.39 Å². The molecule has 0 N–H and O–H groups in total. The van der Waals surface area contributed by atoms with Gasteiger partial charge in [0, 0.05) is 9.85 Å². The van der Waals surface area contributed by atoms with Crippen molar-refractivity contribution >= 4 is 27.5 Å². The summed E-state index contributed by atoms with van der Waals surface area (Å²) in [5, 5.41) is 0.153. The van der Waals surface area contributed by atoms with Crippen LogP contribution < -0.4 is 0 Å². The third-order valence-electron chi connectivity index (χ3n) is 2.42. The highest BCUT2D eigenvalue weighted by atomic mass is 79.9. The third-order valence-corrected chi connectivity index (χ3v) is 3.92. The maximum Gasteiger partial charge on any atom is 0.123 e. The fourth-order valence-electron chi connectivity index (χ4n) is 1.36. The molecule has 0 aliphatic rings. The van der Waals surface area contributed by atoms with Crippen molar-refractivity contribution in [2.24, 2.45) is 5.92 Å². The zero-order valence-electron chi connectivity index (χ0n) is 8.93. The minimum absolute atomic E-state index is 0.153. The topological polar surface area (TPSA) is 0 Å². The highest BCUT2D eigenvalue weighted by molar-refractivity contribution is 9.10. The molecule has 0 saturated heterocycles. The minimum Gasteiger partial charge on any atom is -0.207 e. The van der Waals surface area contributed by atoms with Crippen LogP contribution in [0.2, 0.25) is 0 Å². The molecule has 0 nitrogen and oxygen atoms in total. The molecule has 0 aromatic heterocycles. The van der Waals surface area contributed by atoms with Crippen molar-refractivity contribution in [2.45, 2.75) is 32.1 Å². The Hall–Kier alpha value is -0.0800. The summed E-state index contributed by atoms with van der Waals surface area (Å²) in [6.07, 6.45) is 1.69. The van der Waals surface area contributed by atoms with Crippen molar-refractivity contribution in [2.75, 3.05) is 0 Å². The number of aryl methyl sites for hydroxylation is 1. The zero-order valence-corrected chi connectivity index (χ0v) is 11.3. The maximum absolute atomic E-state index is 13.0. The molecule has 1 rings (SSSR count). The molecule has 1 atom stereocenters. The van der Waals surface area contributed by atoms with Gasteiger partial charge in [-0.15, -0.1) is 11.6 Å². The largest absolute Gasteiger partial charge is 0.207 e. The molecule has 15 heavy (non-hydrogen) atoms. The van der Waals surface area contributed by atoms with Crippen LogP contribution in [-0.4, -0.2) is 5.38 Å². The van der Waals surface area contributed by atoms with Crippen molar-refractivity contribution in [3.63, 3.8) is 0 Å². The van der Waals surface area contributed by atoms with E-state index in [9.17, 15) is 4.39 Å². The van der Waals surface area contributed by atoms with Crippen molar-refractivity contribution in [1.82, 2.24) is 0 Å². The van der Waals surface area contributed by atoms with Crippen molar-refractivity contribution in [3.8, 4) is 0 Å². The fourth-order valence-corrected chi connectivity index (χ4v) is 1.92. The SMILES string of the molecule is CC(C)C(Cl)CCc1cc(F)ccc1Br. The Bertz CT molecular complexity index is 325. The van der Waals surface area contributed by atoms with Gasteiger partial charge >= 0.3 is 0 Å². The summed E-state index contributed by atoms with van der Waals surface area (Å²) in [5.41, 5.74) is 0.987. The van der Waals surface area contributed by atoms with Crippen LogP contribution in [0.1, 0.15) is 25.8 Å². The lowest BCUT2D eigenvalue weighted by atomic mass is 10.0. The van der Waals surface area contributed by atoms with Crippen LogP contribution in [-0.2, 0) is 6.42 Å². The minimum atomic E-state index is -0.191. The molecule has 0 aliphatic carbocycles. The Morgan fingerprint density at radius 1 is 1.40 bits per heavy atom. The van der Waals surface area contributed by atoms with Gasteiger partial charge in [-0.05, 0) is 42.5 Å². The molecule has 1 aromatic rings. The van der Waals surface area contributed by atoms with Gasteiger partial charge in [-0.2, -0.15) is 0 Å². The molecule has 1 unspecified atom stereocenters. The number of hydrogen-bond acceptors (Lipinski definition) is 0. The molecule has 0 fully saturated rings. The van der Waals surface area contributed by atoms with Crippen molar-refractivity contribution in [3.05, 3.63) is 34.1 Å². The highest BCUT2D eigenvalue weighted by Gasteiger charge is 2.10. The predicted molar refractivity (Wildman–Crippen MR) is 66.9 cm³/mol. The van der Waals surface area contributed by atoms with Gasteiger partial charge in [-0.25, -0.2) is 4.39 Å². The van der Waals surface area contributed by atoms with Crippen LogP contribution in [0.3, 0.4) is 0 Å². The molecular formula is C12H15BrClF. The van der Waals surface area contributed by atoms with E-state index in [1.165, 1.54) is 6.07 Å². The lowest BCUT2D eigenvalue weighted by Crippen LogP contribution is -2.09. The second kappa shape index (κ2) is 5.86. The van der Waals surface area contributed by atoms with Crippen LogP contribution in [0.5, 0.6) is 0 Å². The Morgan fingerprint density at radius 3 is 2.67 bits per heavy atom. The fraction of sp³-hybridized carbons (Fsp3) is 0.500. The maximum atomic E-state index is 13.0. The predicted octanol–water partition coefficient (Wildman–Crippen LogP) is 4.78. The van der Waals surface area contributed by atoms with E-state index in [0.29, 0.717) is 5.92 Å². The number of halogens is 3. The van der Waals surface area contributed by atoms with E-state index in [1.807, 2.05) is 0 Å². The van der Waals surface area contributed by atoms with Crippen molar-refractivity contribution in [1.29, 1.82) is 0 Å².